The molecule has 0 spiro atoms. The van der Waals surface area contributed by atoms with Crippen molar-refractivity contribution in [3.05, 3.63) is 11.4 Å². The van der Waals surface area contributed by atoms with Crippen molar-refractivity contribution >= 4 is 39.2 Å². The molecule has 0 radical (unpaired) electrons. The number of rotatable bonds is 4. The lowest BCUT2D eigenvalue weighted by atomic mass is 10.3. The van der Waals surface area contributed by atoms with Gasteiger partial charge in [-0.2, -0.15) is 4.98 Å². The van der Waals surface area contributed by atoms with E-state index in [9.17, 15) is 4.79 Å². The second-order valence-electron chi connectivity index (χ2n) is 4.03. The summed E-state index contributed by atoms with van der Waals surface area (Å²) in [6.45, 7) is 0.526. The predicted octanol–water partition coefficient (Wildman–Crippen LogP) is 1.16. The summed E-state index contributed by atoms with van der Waals surface area (Å²) in [5.41, 5.74) is 5.63. The summed E-state index contributed by atoms with van der Waals surface area (Å²) in [5, 5.41) is 6.00. The van der Waals surface area contributed by atoms with Gasteiger partial charge in [0.15, 0.2) is 0 Å². The molecule has 6 nitrogen and oxygen atoms in total. The summed E-state index contributed by atoms with van der Waals surface area (Å²) in [6, 6.07) is 1.94. The van der Waals surface area contributed by atoms with Crippen LogP contribution in [0.4, 0.5) is 11.8 Å². The van der Waals surface area contributed by atoms with Crippen LogP contribution in [0.25, 0.3) is 10.2 Å². The Morgan fingerprint density at radius 3 is 3.00 bits per heavy atom. The Morgan fingerprint density at radius 1 is 1.50 bits per heavy atom. The molecule has 0 fully saturated rings. The number of anilines is 2. The zero-order valence-corrected chi connectivity index (χ0v) is 11.1. The van der Waals surface area contributed by atoms with E-state index in [0.29, 0.717) is 18.8 Å². The second-order valence-corrected chi connectivity index (χ2v) is 4.93. The summed E-state index contributed by atoms with van der Waals surface area (Å²) in [6.07, 6.45) is 0.419. The highest BCUT2D eigenvalue weighted by Gasteiger charge is 2.08. The quantitative estimate of drug-likeness (QED) is 0.866. The van der Waals surface area contributed by atoms with Crippen molar-refractivity contribution in [1.82, 2.24) is 14.9 Å². The number of nitrogens with two attached hydrogens (primary N) is 1. The Kier molecular flexibility index (Phi) is 3.61. The first-order valence-corrected chi connectivity index (χ1v) is 6.40. The first-order valence-electron chi connectivity index (χ1n) is 5.52. The van der Waals surface area contributed by atoms with Crippen molar-refractivity contribution in [2.75, 3.05) is 31.7 Å². The zero-order chi connectivity index (χ0) is 13.1. The van der Waals surface area contributed by atoms with Crippen molar-refractivity contribution in [2.45, 2.75) is 6.42 Å². The molecule has 0 bridgehead atoms. The van der Waals surface area contributed by atoms with Crippen molar-refractivity contribution in [3.63, 3.8) is 0 Å². The van der Waals surface area contributed by atoms with Gasteiger partial charge in [0.1, 0.15) is 10.6 Å². The number of carbonyl (C=O) groups is 1. The number of aromatic nitrogens is 2. The summed E-state index contributed by atoms with van der Waals surface area (Å²) in [4.78, 5) is 22.2. The van der Waals surface area contributed by atoms with Gasteiger partial charge in [-0.3, -0.25) is 4.79 Å². The van der Waals surface area contributed by atoms with Crippen LogP contribution in [0.15, 0.2) is 11.4 Å². The van der Waals surface area contributed by atoms with Gasteiger partial charge in [-0.1, -0.05) is 0 Å². The maximum atomic E-state index is 11.4. The van der Waals surface area contributed by atoms with Crippen LogP contribution < -0.4 is 11.1 Å². The average Bonchev–Trinajstić information content (AvgIpc) is 2.76. The number of thiophene rings is 1. The Bertz CT molecular complexity index is 566. The minimum absolute atomic E-state index is 0.0751. The molecular weight excluding hydrogens is 250 g/mol. The van der Waals surface area contributed by atoms with Gasteiger partial charge in [-0.05, 0) is 11.4 Å². The van der Waals surface area contributed by atoms with Crippen LogP contribution in [0, 0.1) is 0 Å². The molecule has 2 aromatic heterocycles. The molecule has 0 aliphatic rings. The van der Waals surface area contributed by atoms with Crippen LogP contribution in [0.5, 0.6) is 0 Å². The largest absolute Gasteiger partial charge is 0.369 e. The normalized spacial score (nSPS) is 10.6. The molecule has 0 atom stereocenters. The number of hydrogen-bond acceptors (Lipinski definition) is 6. The van der Waals surface area contributed by atoms with E-state index in [-0.39, 0.29) is 11.9 Å². The molecule has 3 N–H and O–H groups in total. The fourth-order valence-corrected chi connectivity index (χ4v) is 2.29. The van der Waals surface area contributed by atoms with E-state index in [1.165, 1.54) is 11.3 Å². The van der Waals surface area contributed by atoms with Crippen molar-refractivity contribution in [2.24, 2.45) is 0 Å². The molecule has 7 heteroatoms. The molecule has 0 aromatic carbocycles. The third kappa shape index (κ3) is 2.67. The Labute approximate surface area is 109 Å². The lowest BCUT2D eigenvalue weighted by Gasteiger charge is -2.11. The van der Waals surface area contributed by atoms with Gasteiger partial charge in [-0.25, -0.2) is 4.98 Å². The third-order valence-corrected chi connectivity index (χ3v) is 3.28. The maximum absolute atomic E-state index is 11.4. The van der Waals surface area contributed by atoms with E-state index in [4.69, 9.17) is 5.73 Å². The van der Waals surface area contributed by atoms with Gasteiger partial charge in [0.25, 0.3) is 0 Å². The van der Waals surface area contributed by atoms with E-state index >= 15 is 0 Å². The molecule has 1 amide bonds. The fourth-order valence-electron chi connectivity index (χ4n) is 1.52. The summed E-state index contributed by atoms with van der Waals surface area (Å²) in [7, 11) is 3.48. The topological polar surface area (TPSA) is 84.1 Å². The van der Waals surface area contributed by atoms with Gasteiger partial charge in [0, 0.05) is 27.1 Å². The number of nitrogen functional groups attached to an aromatic ring is 1. The highest BCUT2D eigenvalue weighted by atomic mass is 32.1. The van der Waals surface area contributed by atoms with Gasteiger partial charge < -0.3 is 16.0 Å². The van der Waals surface area contributed by atoms with Gasteiger partial charge in [0.2, 0.25) is 11.9 Å². The van der Waals surface area contributed by atoms with Crippen molar-refractivity contribution in [3.8, 4) is 0 Å². The Balaban J connectivity index is 2.07. The van der Waals surface area contributed by atoms with Crippen LogP contribution in [0.2, 0.25) is 0 Å². The molecule has 0 saturated carbocycles. The number of amides is 1. The van der Waals surface area contributed by atoms with Gasteiger partial charge in [-0.15, -0.1) is 11.3 Å². The van der Waals surface area contributed by atoms with Crippen LogP contribution >= 0.6 is 11.3 Å². The highest BCUT2D eigenvalue weighted by Crippen LogP contribution is 2.25. The van der Waals surface area contributed by atoms with Crippen molar-refractivity contribution < 1.29 is 4.79 Å². The molecule has 2 heterocycles. The third-order valence-electron chi connectivity index (χ3n) is 2.47. The number of nitrogens with zero attached hydrogens (tertiary/aromatic N) is 3. The first kappa shape index (κ1) is 12.6. The molecule has 0 aliphatic heterocycles. The number of nitrogens with one attached hydrogen (secondary N) is 1. The predicted molar refractivity (Wildman–Crippen MR) is 73.6 cm³/mol. The summed E-state index contributed by atoms with van der Waals surface area (Å²) >= 11 is 1.51. The molecule has 0 aliphatic carbocycles. The molecule has 96 valence electrons. The monoisotopic (exact) mass is 265 g/mol. The first-order chi connectivity index (χ1) is 8.58. The van der Waals surface area contributed by atoms with Crippen LogP contribution in [0.1, 0.15) is 6.42 Å². The smallest absolute Gasteiger partial charge is 0.223 e. The zero-order valence-electron chi connectivity index (χ0n) is 10.3. The SMILES string of the molecule is CN(C)C(=O)CCNc1nc(N)nc2sccc12. The van der Waals surface area contributed by atoms with E-state index in [1.807, 2.05) is 11.4 Å². The molecule has 2 aromatic rings. The second kappa shape index (κ2) is 5.18. The summed E-state index contributed by atoms with van der Waals surface area (Å²) in [5.74, 6) is 1.00. The van der Waals surface area contributed by atoms with E-state index < -0.39 is 0 Å². The minimum Gasteiger partial charge on any atom is -0.369 e. The van der Waals surface area contributed by atoms with E-state index in [1.54, 1.807) is 19.0 Å². The van der Waals surface area contributed by atoms with Crippen LogP contribution in [-0.4, -0.2) is 41.4 Å². The minimum atomic E-state index is 0.0751. The maximum Gasteiger partial charge on any atom is 0.223 e. The van der Waals surface area contributed by atoms with Crippen molar-refractivity contribution in [1.29, 1.82) is 0 Å². The molecule has 2 rings (SSSR count). The molecule has 0 saturated heterocycles. The Hall–Kier alpha value is -1.89. The van der Waals surface area contributed by atoms with Gasteiger partial charge in [0.05, 0.1) is 5.39 Å². The summed E-state index contributed by atoms with van der Waals surface area (Å²) < 4.78 is 0. The van der Waals surface area contributed by atoms with E-state index in [0.717, 1.165) is 10.2 Å². The van der Waals surface area contributed by atoms with E-state index in [2.05, 4.69) is 15.3 Å². The molecule has 0 unspecified atom stereocenters. The lowest BCUT2D eigenvalue weighted by Crippen LogP contribution is -2.24. The van der Waals surface area contributed by atoms with Crippen LogP contribution in [-0.2, 0) is 4.79 Å². The number of fused-ring (bicyclic) bond motifs is 1. The molecular formula is C11H15N5OS. The van der Waals surface area contributed by atoms with Gasteiger partial charge >= 0.3 is 0 Å². The standard InChI is InChI=1S/C11H15N5OS/c1-16(2)8(17)3-5-13-9-7-4-6-18-10(7)15-11(12)14-9/h4,6H,3,5H2,1-2H3,(H3,12,13,14,15). The fraction of sp³-hybridized carbons (Fsp3) is 0.364. The number of hydrogen-bond donors (Lipinski definition) is 2. The average molecular weight is 265 g/mol. The highest BCUT2D eigenvalue weighted by molar-refractivity contribution is 7.16. The van der Waals surface area contributed by atoms with Crippen LogP contribution in [0.3, 0.4) is 0 Å². The lowest BCUT2D eigenvalue weighted by molar-refractivity contribution is -0.128. The Morgan fingerprint density at radius 2 is 2.28 bits per heavy atom. The number of carbonyl (C=O) groups excluding carboxylic acids is 1. The molecule has 18 heavy (non-hydrogen) atoms.